The first-order valence-corrected chi connectivity index (χ1v) is 7.46. The van der Waals surface area contributed by atoms with Crippen molar-refractivity contribution in [3.8, 4) is 0 Å². The van der Waals surface area contributed by atoms with Gasteiger partial charge in [-0.15, -0.1) is 11.8 Å². The second-order valence-electron chi connectivity index (χ2n) is 4.87. The number of nitrogens with one attached hydrogen (secondary N) is 2. The van der Waals surface area contributed by atoms with Crippen LogP contribution in [0.3, 0.4) is 0 Å². The Hall–Kier alpha value is -1.69. The lowest BCUT2D eigenvalue weighted by Gasteiger charge is -2.14. The number of amides is 1. The smallest absolute Gasteiger partial charge is 0.324 e. The van der Waals surface area contributed by atoms with Gasteiger partial charge >= 0.3 is 6.18 Å². The molecule has 1 aliphatic rings. The predicted octanol–water partition coefficient (Wildman–Crippen LogP) is 1.78. The SMILES string of the molecule is O=C(Nc1cc(F)c(=O)n(CC(F)F)c1)C1CNC(C(F)(F)F)S1. The van der Waals surface area contributed by atoms with Crippen molar-refractivity contribution in [1.29, 1.82) is 0 Å². The van der Waals surface area contributed by atoms with Crippen LogP contribution in [0.5, 0.6) is 0 Å². The lowest BCUT2D eigenvalue weighted by atomic mass is 10.3. The summed E-state index contributed by atoms with van der Waals surface area (Å²) in [6, 6.07) is 0.622. The van der Waals surface area contributed by atoms with Gasteiger partial charge in [0.05, 0.1) is 17.5 Å². The lowest BCUT2D eigenvalue weighted by molar-refractivity contribution is -0.132. The maximum absolute atomic E-state index is 13.4. The van der Waals surface area contributed by atoms with Crippen LogP contribution < -0.4 is 16.2 Å². The van der Waals surface area contributed by atoms with E-state index in [9.17, 15) is 35.9 Å². The Labute approximate surface area is 135 Å². The molecule has 0 spiro atoms. The molecule has 0 radical (unpaired) electrons. The van der Waals surface area contributed by atoms with Crippen LogP contribution in [0.15, 0.2) is 17.1 Å². The molecule has 24 heavy (non-hydrogen) atoms. The van der Waals surface area contributed by atoms with Crippen LogP contribution in [-0.2, 0) is 11.3 Å². The molecule has 0 aliphatic carbocycles. The second-order valence-corrected chi connectivity index (χ2v) is 6.18. The van der Waals surface area contributed by atoms with Crippen molar-refractivity contribution in [2.24, 2.45) is 0 Å². The highest BCUT2D eigenvalue weighted by atomic mass is 32.2. The molecule has 1 aromatic heterocycles. The van der Waals surface area contributed by atoms with E-state index in [1.807, 2.05) is 0 Å². The normalized spacial score (nSPS) is 21.3. The highest BCUT2D eigenvalue weighted by Gasteiger charge is 2.46. The van der Waals surface area contributed by atoms with Crippen LogP contribution in [0.2, 0.25) is 0 Å². The molecule has 12 heteroatoms. The first-order chi connectivity index (χ1) is 11.1. The molecule has 0 bridgehead atoms. The van der Waals surface area contributed by atoms with Crippen molar-refractivity contribution >= 4 is 23.4 Å². The van der Waals surface area contributed by atoms with Crippen molar-refractivity contribution in [1.82, 2.24) is 9.88 Å². The van der Waals surface area contributed by atoms with Crippen molar-refractivity contribution < 1.29 is 31.1 Å². The van der Waals surface area contributed by atoms with Gasteiger partial charge in [0, 0.05) is 18.8 Å². The molecule has 1 amide bonds. The van der Waals surface area contributed by atoms with E-state index in [-0.39, 0.29) is 12.2 Å². The zero-order chi connectivity index (χ0) is 18.1. The van der Waals surface area contributed by atoms with Crippen LogP contribution in [0.4, 0.5) is 32.0 Å². The van der Waals surface area contributed by atoms with Crippen LogP contribution >= 0.6 is 11.8 Å². The number of anilines is 1. The molecule has 134 valence electrons. The number of carbonyl (C=O) groups excluding carboxylic acids is 1. The summed E-state index contributed by atoms with van der Waals surface area (Å²) in [5.41, 5.74) is -1.59. The molecular formula is C12H11F6N3O2S. The number of pyridine rings is 1. The molecule has 0 saturated carbocycles. The summed E-state index contributed by atoms with van der Waals surface area (Å²) in [6.45, 7) is -1.34. The van der Waals surface area contributed by atoms with Crippen LogP contribution in [0, 0.1) is 5.82 Å². The Kier molecular flexibility index (Phi) is 5.48. The van der Waals surface area contributed by atoms with E-state index >= 15 is 0 Å². The van der Waals surface area contributed by atoms with Gasteiger partial charge in [0.25, 0.3) is 12.0 Å². The third kappa shape index (κ3) is 4.44. The molecular weight excluding hydrogens is 364 g/mol. The summed E-state index contributed by atoms with van der Waals surface area (Å²) in [7, 11) is 0. The molecule has 2 rings (SSSR count). The summed E-state index contributed by atoms with van der Waals surface area (Å²) in [6.07, 6.45) is -6.64. The van der Waals surface area contributed by atoms with Gasteiger partial charge in [-0.25, -0.2) is 13.2 Å². The fourth-order valence-corrected chi connectivity index (χ4v) is 3.05. The minimum absolute atomic E-state index is 0.264. The monoisotopic (exact) mass is 375 g/mol. The molecule has 1 fully saturated rings. The Morgan fingerprint density at radius 3 is 2.67 bits per heavy atom. The van der Waals surface area contributed by atoms with E-state index in [1.165, 1.54) is 0 Å². The average molecular weight is 375 g/mol. The molecule has 2 heterocycles. The van der Waals surface area contributed by atoms with Crippen molar-refractivity contribution in [2.45, 2.75) is 29.8 Å². The van der Waals surface area contributed by atoms with Gasteiger partial charge in [-0.1, -0.05) is 0 Å². The highest BCUT2D eigenvalue weighted by molar-refractivity contribution is 8.01. The summed E-state index contributed by atoms with van der Waals surface area (Å²) >= 11 is 0.337. The standard InChI is InChI=1S/C12H11F6N3O2S/c13-6-1-5(3-21(10(6)23)4-8(14)15)20-9(22)7-2-19-11(24-7)12(16,17)18/h1,3,7-8,11,19H,2,4H2,(H,20,22). The number of aromatic nitrogens is 1. The van der Waals surface area contributed by atoms with Crippen LogP contribution in [-0.4, -0.2) is 40.2 Å². The van der Waals surface area contributed by atoms with Crippen molar-refractivity contribution in [3.63, 3.8) is 0 Å². The quantitative estimate of drug-likeness (QED) is 0.788. The van der Waals surface area contributed by atoms with Gasteiger partial charge in [0.2, 0.25) is 5.91 Å². The minimum Gasteiger partial charge on any atom is -0.324 e. The fraction of sp³-hybridized carbons (Fsp3) is 0.500. The Bertz CT molecular complexity index is 678. The first-order valence-electron chi connectivity index (χ1n) is 6.52. The third-order valence-corrected chi connectivity index (χ3v) is 4.44. The zero-order valence-electron chi connectivity index (χ0n) is 11.7. The molecule has 2 unspecified atom stereocenters. The van der Waals surface area contributed by atoms with E-state index in [0.29, 0.717) is 22.4 Å². The number of alkyl halides is 5. The molecule has 1 aliphatic heterocycles. The van der Waals surface area contributed by atoms with E-state index in [2.05, 4.69) is 10.6 Å². The molecule has 5 nitrogen and oxygen atoms in total. The summed E-state index contributed by atoms with van der Waals surface area (Å²) in [5.74, 6) is -2.22. The van der Waals surface area contributed by atoms with Gasteiger partial charge in [-0.2, -0.15) is 13.2 Å². The minimum atomic E-state index is -4.53. The highest BCUT2D eigenvalue weighted by Crippen LogP contribution is 2.35. The largest absolute Gasteiger partial charge is 0.413 e. The van der Waals surface area contributed by atoms with E-state index < -0.39 is 47.1 Å². The third-order valence-electron chi connectivity index (χ3n) is 3.02. The number of hydrogen-bond acceptors (Lipinski definition) is 4. The van der Waals surface area contributed by atoms with E-state index in [4.69, 9.17) is 0 Å². The number of rotatable bonds is 4. The Balaban J connectivity index is 2.10. The number of carbonyl (C=O) groups is 1. The van der Waals surface area contributed by atoms with Gasteiger partial charge in [-0.3, -0.25) is 14.9 Å². The maximum atomic E-state index is 13.4. The molecule has 2 atom stereocenters. The predicted molar refractivity (Wildman–Crippen MR) is 74.5 cm³/mol. The van der Waals surface area contributed by atoms with E-state index in [1.54, 1.807) is 0 Å². The van der Waals surface area contributed by atoms with Crippen molar-refractivity contribution in [2.75, 3.05) is 11.9 Å². The van der Waals surface area contributed by atoms with Crippen molar-refractivity contribution in [3.05, 3.63) is 28.4 Å². The van der Waals surface area contributed by atoms with Crippen LogP contribution in [0.1, 0.15) is 0 Å². The molecule has 2 N–H and O–H groups in total. The average Bonchev–Trinajstić information content (AvgIpc) is 2.93. The van der Waals surface area contributed by atoms with Gasteiger partial charge in [-0.05, 0) is 0 Å². The lowest BCUT2D eigenvalue weighted by Crippen LogP contribution is -2.35. The van der Waals surface area contributed by atoms with Crippen LogP contribution in [0.25, 0.3) is 0 Å². The number of halogens is 6. The fourth-order valence-electron chi connectivity index (χ4n) is 2.00. The second kappa shape index (κ2) is 7.05. The molecule has 1 aromatic rings. The molecule has 0 aromatic carbocycles. The molecule has 1 saturated heterocycles. The Morgan fingerprint density at radius 1 is 1.46 bits per heavy atom. The first kappa shape index (κ1) is 18.6. The number of nitrogens with zero attached hydrogens (tertiary/aromatic N) is 1. The Morgan fingerprint density at radius 2 is 2.12 bits per heavy atom. The van der Waals surface area contributed by atoms with Gasteiger partial charge in [0.1, 0.15) is 0 Å². The van der Waals surface area contributed by atoms with Gasteiger partial charge < -0.3 is 9.88 Å². The maximum Gasteiger partial charge on any atom is 0.413 e. The number of thioether (sulfide) groups is 1. The van der Waals surface area contributed by atoms with E-state index in [0.717, 1.165) is 6.20 Å². The topological polar surface area (TPSA) is 63.1 Å². The van der Waals surface area contributed by atoms with Gasteiger partial charge in [0.15, 0.2) is 11.2 Å². The summed E-state index contributed by atoms with van der Waals surface area (Å²) in [4.78, 5) is 23.3. The number of hydrogen-bond donors (Lipinski definition) is 2. The zero-order valence-corrected chi connectivity index (χ0v) is 12.6. The summed E-state index contributed by atoms with van der Waals surface area (Å²) < 4.78 is 76.1. The summed E-state index contributed by atoms with van der Waals surface area (Å²) in [5, 5.41) is 1.24.